The summed E-state index contributed by atoms with van der Waals surface area (Å²) in [4.78, 5) is 6.09. The maximum atomic E-state index is 13.4. The molecule has 0 spiro atoms. The van der Waals surface area contributed by atoms with Crippen molar-refractivity contribution in [3.63, 3.8) is 0 Å². The molecule has 0 bridgehead atoms. The summed E-state index contributed by atoms with van der Waals surface area (Å²) in [7, 11) is -3.85. The van der Waals surface area contributed by atoms with Crippen LogP contribution in [0.2, 0.25) is 0 Å². The molecule has 1 aromatic carbocycles. The van der Waals surface area contributed by atoms with E-state index in [2.05, 4.69) is 9.71 Å². The van der Waals surface area contributed by atoms with Gasteiger partial charge in [-0.3, -0.25) is 9.12 Å². The van der Waals surface area contributed by atoms with Crippen LogP contribution < -0.4 is 4.72 Å². The van der Waals surface area contributed by atoms with Gasteiger partial charge in [0.05, 0.1) is 5.69 Å². The number of nitrogens with one attached hydrogen (secondary N) is 1. The predicted molar refractivity (Wildman–Crippen MR) is 93.8 cm³/mol. The highest BCUT2D eigenvalue weighted by Crippen LogP contribution is 2.30. The Morgan fingerprint density at radius 1 is 1.29 bits per heavy atom. The molecule has 1 N–H and O–H groups in total. The number of sulfonamides is 1. The molecule has 0 fully saturated rings. The van der Waals surface area contributed by atoms with Gasteiger partial charge in [0.1, 0.15) is 5.82 Å². The van der Waals surface area contributed by atoms with Crippen molar-refractivity contribution < 1.29 is 12.8 Å². The minimum absolute atomic E-state index is 0.0427. The van der Waals surface area contributed by atoms with E-state index in [4.69, 9.17) is 0 Å². The van der Waals surface area contributed by atoms with Crippen LogP contribution in [0.15, 0.2) is 29.4 Å². The van der Waals surface area contributed by atoms with Crippen LogP contribution in [0.1, 0.15) is 35.9 Å². The Morgan fingerprint density at radius 2 is 2.00 bits per heavy atom. The first kappa shape index (κ1) is 16.9. The molecule has 2 aromatic heterocycles. The average molecular weight is 367 g/mol. The summed E-state index contributed by atoms with van der Waals surface area (Å²) in [6, 6.07) is 4.13. The molecule has 0 radical (unpaired) electrons. The van der Waals surface area contributed by atoms with Crippen molar-refractivity contribution in [3.8, 4) is 0 Å². The number of aromatic nitrogens is 2. The molecule has 3 rings (SSSR count). The van der Waals surface area contributed by atoms with Crippen LogP contribution in [0, 0.1) is 19.7 Å². The third kappa shape index (κ3) is 2.91. The van der Waals surface area contributed by atoms with E-state index in [0.717, 1.165) is 4.88 Å². The van der Waals surface area contributed by atoms with Crippen LogP contribution in [0.3, 0.4) is 0 Å². The SMILES string of the molecule is Cc1cn2c(S(=O)(=O)Nc3ccc(F)c(C)c3)c(C(C)C)nc2s1. The van der Waals surface area contributed by atoms with Crippen LogP contribution in [0.5, 0.6) is 0 Å². The van der Waals surface area contributed by atoms with Crippen molar-refractivity contribution in [3.05, 3.63) is 46.3 Å². The minimum Gasteiger partial charge on any atom is -0.279 e. The van der Waals surface area contributed by atoms with E-state index in [-0.39, 0.29) is 16.8 Å². The summed E-state index contributed by atoms with van der Waals surface area (Å²) in [5.74, 6) is -0.417. The number of aryl methyl sites for hydroxylation is 2. The van der Waals surface area contributed by atoms with E-state index < -0.39 is 10.0 Å². The standard InChI is InChI=1S/C16H18FN3O2S2/c1-9(2)14-15(20-8-11(4)23-16(20)18-14)24(21,22)19-12-5-6-13(17)10(3)7-12/h5-9,19H,1-4H3. The second kappa shape index (κ2) is 5.86. The Labute approximate surface area is 144 Å². The third-order valence-corrected chi connectivity index (χ3v) is 5.95. The van der Waals surface area contributed by atoms with Crippen LogP contribution in [0.4, 0.5) is 10.1 Å². The number of halogens is 1. The van der Waals surface area contributed by atoms with Gasteiger partial charge in [0.15, 0.2) is 9.99 Å². The first-order chi connectivity index (χ1) is 11.2. The number of benzene rings is 1. The number of thiazole rings is 1. The third-order valence-electron chi connectivity index (χ3n) is 3.63. The molecule has 8 heteroatoms. The summed E-state index contributed by atoms with van der Waals surface area (Å²) in [6.45, 7) is 7.30. The zero-order chi connectivity index (χ0) is 17.6. The Kier molecular flexibility index (Phi) is 4.13. The lowest BCUT2D eigenvalue weighted by molar-refractivity contribution is 0.592. The lowest BCUT2D eigenvalue weighted by atomic mass is 10.2. The molecule has 2 heterocycles. The van der Waals surface area contributed by atoms with Crippen molar-refractivity contribution in [2.75, 3.05) is 4.72 Å². The molecular formula is C16H18FN3O2S2. The summed E-state index contributed by atoms with van der Waals surface area (Å²) < 4.78 is 43.4. The molecule has 0 aliphatic carbocycles. The van der Waals surface area contributed by atoms with Gasteiger partial charge in [0.25, 0.3) is 10.0 Å². The van der Waals surface area contributed by atoms with Gasteiger partial charge in [-0.05, 0) is 43.5 Å². The van der Waals surface area contributed by atoms with E-state index in [9.17, 15) is 12.8 Å². The van der Waals surface area contributed by atoms with Crippen molar-refractivity contribution >= 4 is 32.0 Å². The first-order valence-electron chi connectivity index (χ1n) is 7.46. The van der Waals surface area contributed by atoms with E-state index in [1.165, 1.54) is 29.5 Å². The van der Waals surface area contributed by atoms with Crippen LogP contribution in [-0.4, -0.2) is 17.8 Å². The Morgan fingerprint density at radius 3 is 2.62 bits per heavy atom. The summed E-state index contributed by atoms with van der Waals surface area (Å²) in [6.07, 6.45) is 1.77. The predicted octanol–water partition coefficient (Wildman–Crippen LogP) is 4.08. The van der Waals surface area contributed by atoms with E-state index in [1.807, 2.05) is 20.8 Å². The highest BCUT2D eigenvalue weighted by molar-refractivity contribution is 7.92. The van der Waals surface area contributed by atoms with Crippen molar-refractivity contribution in [2.45, 2.75) is 38.6 Å². The van der Waals surface area contributed by atoms with E-state index in [0.29, 0.717) is 21.9 Å². The fraction of sp³-hybridized carbons (Fsp3) is 0.312. The second-order valence-corrected chi connectivity index (χ2v) is 8.83. The molecule has 3 aromatic rings. The zero-order valence-electron chi connectivity index (χ0n) is 13.8. The first-order valence-corrected chi connectivity index (χ1v) is 9.76. The van der Waals surface area contributed by atoms with Gasteiger partial charge in [-0.25, -0.2) is 9.37 Å². The summed E-state index contributed by atoms with van der Waals surface area (Å²) in [5.41, 5.74) is 1.22. The monoisotopic (exact) mass is 367 g/mol. The number of fused-ring (bicyclic) bond motifs is 1. The fourth-order valence-electron chi connectivity index (χ4n) is 2.51. The van der Waals surface area contributed by atoms with Gasteiger partial charge < -0.3 is 0 Å². The second-order valence-electron chi connectivity index (χ2n) is 6.02. The van der Waals surface area contributed by atoms with Gasteiger partial charge in [-0.1, -0.05) is 13.8 Å². The zero-order valence-corrected chi connectivity index (χ0v) is 15.4. The molecule has 0 unspecified atom stereocenters. The highest BCUT2D eigenvalue weighted by atomic mass is 32.2. The molecule has 5 nitrogen and oxygen atoms in total. The summed E-state index contributed by atoms with van der Waals surface area (Å²) >= 11 is 1.44. The number of anilines is 1. The topological polar surface area (TPSA) is 63.5 Å². The smallest absolute Gasteiger partial charge is 0.279 e. The van der Waals surface area contributed by atoms with Gasteiger partial charge in [-0.15, -0.1) is 11.3 Å². The summed E-state index contributed by atoms with van der Waals surface area (Å²) in [5, 5.41) is 0.138. The van der Waals surface area contributed by atoms with Crippen molar-refractivity contribution in [2.24, 2.45) is 0 Å². The molecule has 0 aliphatic rings. The van der Waals surface area contributed by atoms with Crippen LogP contribution in [-0.2, 0) is 10.0 Å². The van der Waals surface area contributed by atoms with Crippen LogP contribution >= 0.6 is 11.3 Å². The van der Waals surface area contributed by atoms with Gasteiger partial charge in [0.2, 0.25) is 0 Å². The normalized spacial score (nSPS) is 12.2. The van der Waals surface area contributed by atoms with E-state index in [1.54, 1.807) is 17.5 Å². The molecule has 0 aliphatic heterocycles. The molecule has 0 atom stereocenters. The van der Waals surface area contributed by atoms with Gasteiger partial charge in [0, 0.05) is 16.8 Å². The maximum Gasteiger partial charge on any atom is 0.279 e. The lowest BCUT2D eigenvalue weighted by Crippen LogP contribution is -2.17. The lowest BCUT2D eigenvalue weighted by Gasteiger charge is -2.11. The molecule has 0 amide bonds. The van der Waals surface area contributed by atoms with Gasteiger partial charge in [-0.2, -0.15) is 8.42 Å². The molecule has 128 valence electrons. The van der Waals surface area contributed by atoms with E-state index >= 15 is 0 Å². The number of nitrogens with zero attached hydrogens (tertiary/aromatic N) is 2. The Hall–Kier alpha value is -1.93. The Bertz CT molecular complexity index is 1020. The fourth-order valence-corrected chi connectivity index (χ4v) is 4.89. The number of rotatable bonds is 4. The quantitative estimate of drug-likeness (QED) is 0.756. The average Bonchev–Trinajstić information content (AvgIpc) is 2.98. The minimum atomic E-state index is -3.85. The molecule has 24 heavy (non-hydrogen) atoms. The maximum absolute atomic E-state index is 13.4. The Balaban J connectivity index is 2.13. The largest absolute Gasteiger partial charge is 0.279 e. The van der Waals surface area contributed by atoms with Crippen LogP contribution in [0.25, 0.3) is 4.96 Å². The molecule has 0 saturated heterocycles. The number of imidazole rings is 1. The number of hydrogen-bond donors (Lipinski definition) is 1. The molecular weight excluding hydrogens is 349 g/mol. The molecule has 0 saturated carbocycles. The van der Waals surface area contributed by atoms with Gasteiger partial charge >= 0.3 is 0 Å². The van der Waals surface area contributed by atoms with Crippen molar-refractivity contribution in [1.29, 1.82) is 0 Å². The highest BCUT2D eigenvalue weighted by Gasteiger charge is 2.28. The number of hydrogen-bond acceptors (Lipinski definition) is 4. The van der Waals surface area contributed by atoms with Crippen molar-refractivity contribution in [1.82, 2.24) is 9.38 Å².